The van der Waals surface area contributed by atoms with Gasteiger partial charge >= 0.3 is 0 Å². The van der Waals surface area contributed by atoms with Gasteiger partial charge < -0.3 is 9.72 Å². The van der Waals surface area contributed by atoms with E-state index in [1.807, 2.05) is 0 Å². The molecule has 0 amide bonds. The van der Waals surface area contributed by atoms with Crippen LogP contribution in [0, 0.1) is 0 Å². The minimum absolute atomic E-state index is 0.0955. The topological polar surface area (TPSA) is 55.0 Å². The molecular formula is C7H8N2O2. The maximum absolute atomic E-state index is 10.8. The highest BCUT2D eigenvalue weighted by molar-refractivity contribution is 5.08. The lowest BCUT2D eigenvalue weighted by molar-refractivity contribution is 0.00662. The van der Waals surface area contributed by atoms with Crippen molar-refractivity contribution in [1.29, 1.82) is 0 Å². The lowest BCUT2D eigenvalue weighted by Gasteiger charge is -2.24. The first kappa shape index (κ1) is 6.54. The Morgan fingerprint density at radius 1 is 1.64 bits per heavy atom. The van der Waals surface area contributed by atoms with Crippen LogP contribution in [0.15, 0.2) is 17.2 Å². The maximum atomic E-state index is 10.8. The van der Waals surface area contributed by atoms with Crippen LogP contribution in [0.25, 0.3) is 0 Å². The van der Waals surface area contributed by atoms with Gasteiger partial charge in [-0.15, -0.1) is 0 Å². The summed E-state index contributed by atoms with van der Waals surface area (Å²) in [5, 5.41) is 0. The molecule has 0 spiro atoms. The number of ether oxygens (including phenoxy) is 1. The van der Waals surface area contributed by atoms with Crippen molar-refractivity contribution in [1.82, 2.24) is 9.97 Å². The largest absolute Gasteiger partial charge is 0.380 e. The number of hydrogen-bond acceptors (Lipinski definition) is 3. The van der Waals surface area contributed by atoms with E-state index in [0.717, 1.165) is 5.69 Å². The molecule has 1 N–H and O–H groups in total. The zero-order valence-electron chi connectivity index (χ0n) is 5.91. The molecule has 4 heteroatoms. The average molecular weight is 152 g/mol. The van der Waals surface area contributed by atoms with Crippen molar-refractivity contribution < 1.29 is 4.74 Å². The highest BCUT2D eigenvalue weighted by atomic mass is 16.5. The Kier molecular flexibility index (Phi) is 1.47. The molecule has 0 radical (unpaired) electrons. The summed E-state index contributed by atoms with van der Waals surface area (Å²) in [4.78, 5) is 17.3. The fourth-order valence-electron chi connectivity index (χ4n) is 1.01. The highest BCUT2D eigenvalue weighted by Crippen LogP contribution is 2.19. The maximum Gasteiger partial charge on any atom is 0.250 e. The molecule has 1 aliphatic heterocycles. The van der Waals surface area contributed by atoms with Gasteiger partial charge in [-0.25, -0.2) is 4.98 Å². The number of hydrogen-bond donors (Lipinski definition) is 1. The van der Waals surface area contributed by atoms with Crippen LogP contribution in [0.1, 0.15) is 11.6 Å². The summed E-state index contributed by atoms with van der Waals surface area (Å²) in [5.74, 6) is 0.331. The van der Waals surface area contributed by atoms with Crippen LogP contribution in [0.4, 0.5) is 0 Å². The van der Waals surface area contributed by atoms with Crippen molar-refractivity contribution in [2.45, 2.75) is 5.92 Å². The standard InChI is InChI=1S/C7H8N2O2/c10-7-1-6(8-4-9-7)5-2-11-3-5/h1,4-5H,2-3H2,(H,8,9,10). The smallest absolute Gasteiger partial charge is 0.250 e. The molecule has 0 unspecified atom stereocenters. The minimum atomic E-state index is -0.0955. The van der Waals surface area contributed by atoms with Crippen LogP contribution in [-0.4, -0.2) is 23.2 Å². The molecule has 58 valence electrons. The third-order valence-corrected chi connectivity index (χ3v) is 1.76. The first-order valence-electron chi connectivity index (χ1n) is 3.48. The lowest BCUT2D eigenvalue weighted by Crippen LogP contribution is -2.27. The van der Waals surface area contributed by atoms with Crippen LogP contribution in [0.5, 0.6) is 0 Å². The molecule has 0 aromatic carbocycles. The van der Waals surface area contributed by atoms with Crippen molar-refractivity contribution in [3.05, 3.63) is 28.4 Å². The van der Waals surface area contributed by atoms with E-state index < -0.39 is 0 Å². The summed E-state index contributed by atoms with van der Waals surface area (Å²) < 4.78 is 4.98. The second-order valence-electron chi connectivity index (χ2n) is 2.57. The van der Waals surface area contributed by atoms with Crippen molar-refractivity contribution in [2.75, 3.05) is 13.2 Å². The number of aromatic nitrogens is 2. The van der Waals surface area contributed by atoms with E-state index in [9.17, 15) is 4.79 Å². The second kappa shape index (κ2) is 2.47. The van der Waals surface area contributed by atoms with Gasteiger partial charge in [0.25, 0.3) is 5.56 Å². The van der Waals surface area contributed by atoms with E-state index in [-0.39, 0.29) is 5.56 Å². The zero-order chi connectivity index (χ0) is 7.68. The van der Waals surface area contributed by atoms with Crippen LogP contribution in [0.3, 0.4) is 0 Å². The van der Waals surface area contributed by atoms with Gasteiger partial charge in [-0.3, -0.25) is 4.79 Å². The Bertz CT molecular complexity index is 303. The number of rotatable bonds is 1. The Morgan fingerprint density at radius 2 is 2.45 bits per heavy atom. The molecule has 1 saturated heterocycles. The van der Waals surface area contributed by atoms with Crippen LogP contribution < -0.4 is 5.56 Å². The number of aromatic amines is 1. The third kappa shape index (κ3) is 1.17. The molecule has 0 aliphatic carbocycles. The highest BCUT2D eigenvalue weighted by Gasteiger charge is 2.21. The first-order valence-corrected chi connectivity index (χ1v) is 3.48. The van der Waals surface area contributed by atoms with Gasteiger partial charge in [-0.05, 0) is 0 Å². The third-order valence-electron chi connectivity index (χ3n) is 1.76. The van der Waals surface area contributed by atoms with Gasteiger partial charge in [0.2, 0.25) is 0 Å². The Balaban J connectivity index is 2.30. The minimum Gasteiger partial charge on any atom is -0.380 e. The van der Waals surface area contributed by atoms with E-state index in [0.29, 0.717) is 19.1 Å². The molecule has 0 atom stereocenters. The van der Waals surface area contributed by atoms with Crippen molar-refractivity contribution in [3.63, 3.8) is 0 Å². The monoisotopic (exact) mass is 152 g/mol. The molecule has 0 bridgehead atoms. The van der Waals surface area contributed by atoms with Crippen molar-refractivity contribution >= 4 is 0 Å². The Labute approximate surface area is 63.2 Å². The summed E-state index contributed by atoms with van der Waals surface area (Å²) in [6, 6.07) is 1.52. The molecule has 1 fully saturated rings. The van der Waals surface area contributed by atoms with Gasteiger partial charge in [-0.1, -0.05) is 0 Å². The molecular weight excluding hydrogens is 144 g/mol. The number of nitrogens with one attached hydrogen (secondary N) is 1. The van der Waals surface area contributed by atoms with Crippen LogP contribution in [0.2, 0.25) is 0 Å². The van der Waals surface area contributed by atoms with Gasteiger partial charge in [-0.2, -0.15) is 0 Å². The number of H-pyrrole nitrogens is 1. The molecule has 11 heavy (non-hydrogen) atoms. The number of nitrogens with zero attached hydrogens (tertiary/aromatic N) is 1. The molecule has 2 heterocycles. The lowest BCUT2D eigenvalue weighted by atomic mass is 10.0. The Morgan fingerprint density at radius 3 is 3.00 bits per heavy atom. The average Bonchev–Trinajstić information content (AvgIpc) is 1.83. The summed E-state index contributed by atoms with van der Waals surface area (Å²) in [6.07, 6.45) is 1.43. The summed E-state index contributed by atoms with van der Waals surface area (Å²) in [6.45, 7) is 1.38. The van der Waals surface area contributed by atoms with Gasteiger partial charge in [0, 0.05) is 12.0 Å². The van der Waals surface area contributed by atoms with E-state index in [4.69, 9.17) is 4.74 Å². The summed E-state index contributed by atoms with van der Waals surface area (Å²) in [5.41, 5.74) is 0.738. The zero-order valence-corrected chi connectivity index (χ0v) is 5.91. The van der Waals surface area contributed by atoms with Crippen molar-refractivity contribution in [3.8, 4) is 0 Å². The van der Waals surface area contributed by atoms with Crippen LogP contribution >= 0.6 is 0 Å². The predicted octanol–water partition coefficient (Wildman–Crippen LogP) is -0.116. The van der Waals surface area contributed by atoms with Gasteiger partial charge in [0.15, 0.2) is 0 Å². The first-order chi connectivity index (χ1) is 5.36. The fourth-order valence-corrected chi connectivity index (χ4v) is 1.01. The van der Waals surface area contributed by atoms with E-state index >= 15 is 0 Å². The fraction of sp³-hybridized carbons (Fsp3) is 0.429. The second-order valence-corrected chi connectivity index (χ2v) is 2.57. The normalized spacial score (nSPS) is 17.8. The molecule has 2 rings (SSSR count). The molecule has 1 aromatic heterocycles. The van der Waals surface area contributed by atoms with Gasteiger partial charge in [0.1, 0.15) is 0 Å². The molecule has 0 saturated carbocycles. The van der Waals surface area contributed by atoms with E-state index in [1.165, 1.54) is 12.4 Å². The SMILES string of the molecule is O=c1cc(C2COC2)nc[nH]1. The molecule has 1 aromatic rings. The predicted molar refractivity (Wildman–Crippen MR) is 38.4 cm³/mol. The van der Waals surface area contributed by atoms with E-state index in [2.05, 4.69) is 9.97 Å². The Hall–Kier alpha value is -1.16. The van der Waals surface area contributed by atoms with E-state index in [1.54, 1.807) is 0 Å². The molecule has 4 nitrogen and oxygen atoms in total. The van der Waals surface area contributed by atoms with Crippen molar-refractivity contribution in [2.24, 2.45) is 0 Å². The summed E-state index contributed by atoms with van der Waals surface area (Å²) >= 11 is 0. The quantitative estimate of drug-likeness (QED) is 0.610. The molecule has 1 aliphatic rings. The van der Waals surface area contributed by atoms with Crippen LogP contribution in [-0.2, 0) is 4.74 Å². The van der Waals surface area contributed by atoms with Gasteiger partial charge in [0.05, 0.1) is 25.2 Å². The summed E-state index contributed by atoms with van der Waals surface area (Å²) in [7, 11) is 0.